The molecule has 1 saturated carbocycles. The molecule has 1 aromatic rings. The molecule has 17 heavy (non-hydrogen) atoms. The second-order valence-corrected chi connectivity index (χ2v) is 6.11. The van der Waals surface area contributed by atoms with Crippen LogP contribution in [-0.4, -0.2) is 31.0 Å². The van der Waals surface area contributed by atoms with Crippen molar-refractivity contribution in [1.29, 1.82) is 0 Å². The lowest BCUT2D eigenvalue weighted by Gasteiger charge is -2.30. The number of nitrogens with zero attached hydrogens (tertiary/aromatic N) is 1. The van der Waals surface area contributed by atoms with E-state index < -0.39 is 10.0 Å². The van der Waals surface area contributed by atoms with Crippen molar-refractivity contribution in [1.82, 2.24) is 14.7 Å². The van der Waals surface area contributed by atoms with Gasteiger partial charge in [-0.2, -0.15) is 0 Å². The van der Waals surface area contributed by atoms with Gasteiger partial charge in [0.2, 0.25) is 0 Å². The van der Waals surface area contributed by atoms with Crippen LogP contribution in [0, 0.1) is 5.92 Å². The third-order valence-corrected chi connectivity index (χ3v) is 4.70. The normalized spacial score (nSPS) is 25.9. The van der Waals surface area contributed by atoms with Gasteiger partial charge in [-0.15, -0.1) is 0 Å². The maximum atomic E-state index is 12.0. The summed E-state index contributed by atoms with van der Waals surface area (Å²) in [7, 11) is -3.48. The van der Waals surface area contributed by atoms with Crippen LogP contribution in [0.5, 0.6) is 0 Å². The van der Waals surface area contributed by atoms with Crippen LogP contribution in [0.4, 0.5) is 0 Å². The van der Waals surface area contributed by atoms with Crippen molar-refractivity contribution in [2.45, 2.75) is 36.8 Å². The van der Waals surface area contributed by atoms with Gasteiger partial charge in [-0.05, 0) is 25.3 Å². The van der Waals surface area contributed by atoms with Crippen LogP contribution in [0.2, 0.25) is 0 Å². The van der Waals surface area contributed by atoms with Crippen molar-refractivity contribution < 1.29 is 8.42 Å². The Morgan fingerprint density at radius 1 is 1.47 bits per heavy atom. The molecule has 0 saturated heterocycles. The van der Waals surface area contributed by atoms with Crippen LogP contribution < -0.4 is 10.5 Å². The molecule has 1 aromatic heterocycles. The zero-order valence-corrected chi connectivity index (χ0v) is 10.4. The molecule has 0 aliphatic heterocycles. The summed E-state index contributed by atoms with van der Waals surface area (Å²) in [4.78, 5) is 6.33. The summed E-state index contributed by atoms with van der Waals surface area (Å²) in [6.45, 7) is 0.524. The largest absolute Gasteiger partial charge is 0.335 e. The number of nitrogens with two attached hydrogens (primary N) is 1. The predicted octanol–water partition coefficient (Wildman–Crippen LogP) is 0.206. The molecule has 2 unspecified atom stereocenters. The summed E-state index contributed by atoms with van der Waals surface area (Å²) >= 11 is 0. The molecular weight excluding hydrogens is 240 g/mol. The van der Waals surface area contributed by atoms with Crippen molar-refractivity contribution >= 4 is 10.0 Å². The Labute approximate surface area is 101 Å². The Balaban J connectivity index is 2.09. The monoisotopic (exact) mass is 258 g/mol. The van der Waals surface area contributed by atoms with Crippen molar-refractivity contribution in [3.63, 3.8) is 0 Å². The van der Waals surface area contributed by atoms with Gasteiger partial charge in [-0.25, -0.2) is 18.1 Å². The van der Waals surface area contributed by atoms with Gasteiger partial charge in [0.1, 0.15) is 0 Å². The fourth-order valence-electron chi connectivity index (χ4n) is 2.30. The molecule has 0 radical (unpaired) electrons. The van der Waals surface area contributed by atoms with Crippen molar-refractivity contribution in [2.75, 3.05) is 6.54 Å². The highest BCUT2D eigenvalue weighted by Crippen LogP contribution is 2.24. The van der Waals surface area contributed by atoms with Gasteiger partial charge in [0, 0.05) is 6.04 Å². The number of rotatable bonds is 4. The Morgan fingerprint density at radius 3 is 2.88 bits per heavy atom. The first-order chi connectivity index (χ1) is 8.13. The standard InChI is InChI=1S/C10H18N4O2S/c11-5-8-3-1-2-4-9(8)14-17(15,16)10-6-12-7-13-10/h6-9,14H,1-5,11H2,(H,12,13). The van der Waals surface area contributed by atoms with E-state index >= 15 is 0 Å². The van der Waals surface area contributed by atoms with Crippen LogP contribution in [0.15, 0.2) is 17.6 Å². The topological polar surface area (TPSA) is 101 Å². The van der Waals surface area contributed by atoms with Crippen LogP contribution in [0.25, 0.3) is 0 Å². The minimum atomic E-state index is -3.48. The quantitative estimate of drug-likeness (QED) is 0.718. The first-order valence-corrected chi connectivity index (χ1v) is 7.32. The third kappa shape index (κ3) is 2.85. The van der Waals surface area contributed by atoms with Crippen LogP contribution in [0.3, 0.4) is 0 Å². The second-order valence-electron chi connectivity index (χ2n) is 4.42. The molecule has 7 heteroatoms. The fourth-order valence-corrected chi connectivity index (χ4v) is 3.54. The first kappa shape index (κ1) is 12.5. The van der Waals surface area contributed by atoms with E-state index in [4.69, 9.17) is 5.73 Å². The Kier molecular flexibility index (Phi) is 3.80. The number of aromatic nitrogens is 2. The molecule has 2 rings (SSSR count). The highest BCUT2D eigenvalue weighted by atomic mass is 32.2. The minimum absolute atomic E-state index is 0.0537. The van der Waals surface area contributed by atoms with E-state index in [1.165, 1.54) is 12.5 Å². The Morgan fingerprint density at radius 2 is 2.24 bits per heavy atom. The third-order valence-electron chi connectivity index (χ3n) is 3.28. The average molecular weight is 258 g/mol. The first-order valence-electron chi connectivity index (χ1n) is 5.84. The molecule has 0 bridgehead atoms. The molecule has 1 aliphatic rings. The molecule has 1 aliphatic carbocycles. The van der Waals surface area contributed by atoms with Gasteiger partial charge < -0.3 is 10.7 Å². The molecular formula is C10H18N4O2S. The fraction of sp³-hybridized carbons (Fsp3) is 0.700. The van der Waals surface area contributed by atoms with E-state index in [1.54, 1.807) is 0 Å². The molecule has 2 atom stereocenters. The van der Waals surface area contributed by atoms with E-state index in [0.29, 0.717) is 6.54 Å². The summed E-state index contributed by atoms with van der Waals surface area (Å²) < 4.78 is 26.7. The SMILES string of the molecule is NCC1CCCCC1NS(=O)(=O)c1cnc[nH]1. The smallest absolute Gasteiger partial charge is 0.257 e. The number of nitrogens with one attached hydrogen (secondary N) is 2. The van der Waals surface area contributed by atoms with E-state index in [9.17, 15) is 8.42 Å². The lowest BCUT2D eigenvalue weighted by Crippen LogP contribution is -2.44. The van der Waals surface area contributed by atoms with E-state index in [2.05, 4.69) is 14.7 Å². The Hall–Kier alpha value is -0.920. The molecule has 0 spiro atoms. The van der Waals surface area contributed by atoms with Gasteiger partial charge in [0.05, 0.1) is 12.5 Å². The average Bonchev–Trinajstić information content (AvgIpc) is 2.83. The van der Waals surface area contributed by atoms with E-state index in [0.717, 1.165) is 25.7 Å². The van der Waals surface area contributed by atoms with Gasteiger partial charge in [-0.1, -0.05) is 12.8 Å². The lowest BCUT2D eigenvalue weighted by molar-refractivity contribution is 0.296. The summed E-state index contributed by atoms with van der Waals surface area (Å²) in [5.41, 5.74) is 5.68. The summed E-state index contributed by atoms with van der Waals surface area (Å²) in [5, 5.41) is 0.110. The number of imidazole rings is 1. The van der Waals surface area contributed by atoms with Crippen molar-refractivity contribution in [3.8, 4) is 0 Å². The highest BCUT2D eigenvalue weighted by molar-refractivity contribution is 7.89. The number of H-pyrrole nitrogens is 1. The lowest BCUT2D eigenvalue weighted by atomic mass is 9.85. The molecule has 4 N–H and O–H groups in total. The second kappa shape index (κ2) is 5.16. The van der Waals surface area contributed by atoms with Gasteiger partial charge >= 0.3 is 0 Å². The summed E-state index contributed by atoms with van der Waals surface area (Å²) in [6.07, 6.45) is 6.69. The van der Waals surface area contributed by atoms with Gasteiger partial charge in [-0.3, -0.25) is 0 Å². The molecule has 6 nitrogen and oxygen atoms in total. The molecule has 0 aromatic carbocycles. The zero-order chi connectivity index (χ0) is 12.3. The van der Waals surface area contributed by atoms with Crippen molar-refractivity contribution in [3.05, 3.63) is 12.5 Å². The van der Waals surface area contributed by atoms with Crippen LogP contribution >= 0.6 is 0 Å². The van der Waals surface area contributed by atoms with E-state index in [-0.39, 0.29) is 17.0 Å². The molecule has 96 valence electrons. The summed E-state index contributed by atoms with van der Waals surface area (Å²) in [6, 6.07) is -0.0537. The molecule has 1 fully saturated rings. The molecule has 1 heterocycles. The van der Waals surface area contributed by atoms with Gasteiger partial charge in [0.15, 0.2) is 5.03 Å². The maximum Gasteiger partial charge on any atom is 0.257 e. The van der Waals surface area contributed by atoms with Crippen LogP contribution in [0.1, 0.15) is 25.7 Å². The Bertz CT molecular complexity index is 443. The number of hydrogen-bond donors (Lipinski definition) is 3. The number of hydrogen-bond acceptors (Lipinski definition) is 4. The zero-order valence-electron chi connectivity index (χ0n) is 9.59. The maximum absolute atomic E-state index is 12.0. The number of sulfonamides is 1. The highest BCUT2D eigenvalue weighted by Gasteiger charge is 2.29. The van der Waals surface area contributed by atoms with Gasteiger partial charge in [0.25, 0.3) is 10.0 Å². The minimum Gasteiger partial charge on any atom is -0.335 e. The predicted molar refractivity (Wildman–Crippen MR) is 63.7 cm³/mol. The van der Waals surface area contributed by atoms with Crippen molar-refractivity contribution in [2.24, 2.45) is 11.7 Å². The molecule has 0 amide bonds. The van der Waals surface area contributed by atoms with E-state index in [1.807, 2.05) is 0 Å². The summed E-state index contributed by atoms with van der Waals surface area (Å²) in [5.74, 6) is 0.237. The van der Waals surface area contributed by atoms with Crippen LogP contribution in [-0.2, 0) is 10.0 Å². The number of aromatic amines is 1.